The van der Waals surface area contributed by atoms with Crippen molar-refractivity contribution in [2.75, 3.05) is 6.61 Å². The van der Waals surface area contributed by atoms with Crippen LogP contribution in [0.5, 0.6) is 0 Å². The Morgan fingerprint density at radius 2 is 1.59 bits per heavy atom. The van der Waals surface area contributed by atoms with Gasteiger partial charge in [0.05, 0.1) is 18.2 Å². The molecule has 2 N–H and O–H groups in total. The van der Waals surface area contributed by atoms with E-state index in [0.717, 1.165) is 43.4 Å². The number of nitrogens with zero attached hydrogens (tertiary/aromatic N) is 1. The Bertz CT molecular complexity index is 623. The molecule has 0 bridgehead atoms. The van der Waals surface area contributed by atoms with Gasteiger partial charge in [0.15, 0.2) is 0 Å². The lowest BCUT2D eigenvalue weighted by Gasteiger charge is -2.62. The first-order chi connectivity index (χ1) is 12.6. The van der Waals surface area contributed by atoms with E-state index in [1.165, 1.54) is 32.1 Å². The van der Waals surface area contributed by atoms with Crippen molar-refractivity contribution in [3.63, 3.8) is 0 Å². The third-order valence-electron chi connectivity index (χ3n) is 10.3. The molecule has 5 fully saturated rings. The molecule has 0 aromatic carbocycles. The van der Waals surface area contributed by atoms with Gasteiger partial charge in [-0.15, -0.1) is 0 Å². The Hall–Kier alpha value is -0.160. The van der Waals surface area contributed by atoms with Crippen molar-refractivity contribution < 1.29 is 15.1 Å². The zero-order chi connectivity index (χ0) is 19.2. The number of ether oxygens (including phenoxy) is 1. The third-order valence-corrected chi connectivity index (χ3v) is 10.3. The predicted octanol–water partition coefficient (Wildman–Crippen LogP) is 4.59. The van der Waals surface area contributed by atoms with Crippen molar-refractivity contribution in [2.45, 2.75) is 103 Å². The van der Waals surface area contributed by atoms with Crippen LogP contribution in [0.2, 0.25) is 0 Å². The maximum atomic E-state index is 10.9. The van der Waals surface area contributed by atoms with Gasteiger partial charge in [0.2, 0.25) is 0 Å². The van der Waals surface area contributed by atoms with Crippen LogP contribution >= 0.6 is 0 Å². The summed E-state index contributed by atoms with van der Waals surface area (Å²) in [4.78, 5) is 0. The van der Waals surface area contributed by atoms with E-state index in [1.54, 1.807) is 5.06 Å². The second-order valence-corrected chi connectivity index (χ2v) is 11.9. The van der Waals surface area contributed by atoms with Crippen molar-refractivity contribution >= 4 is 0 Å². The summed E-state index contributed by atoms with van der Waals surface area (Å²) < 4.78 is 6.28. The van der Waals surface area contributed by atoms with Crippen molar-refractivity contribution in [2.24, 2.45) is 34.5 Å². The predicted molar refractivity (Wildman–Crippen MR) is 104 cm³/mol. The smallest absolute Gasteiger partial charge is 0.144 e. The van der Waals surface area contributed by atoms with Gasteiger partial charge in [-0.25, -0.2) is 0 Å². The van der Waals surface area contributed by atoms with Gasteiger partial charge in [0, 0.05) is 0 Å². The molecule has 5 aliphatic rings. The summed E-state index contributed by atoms with van der Waals surface area (Å²) in [7, 11) is 0. The fourth-order valence-electron chi connectivity index (χ4n) is 8.49. The van der Waals surface area contributed by atoms with Gasteiger partial charge in [-0.1, -0.05) is 13.8 Å². The maximum absolute atomic E-state index is 10.9. The zero-order valence-corrected chi connectivity index (χ0v) is 17.7. The average Bonchev–Trinajstić information content (AvgIpc) is 3.05. The average molecular weight is 378 g/mol. The molecule has 0 radical (unpaired) electrons. The molecule has 5 rings (SSSR count). The van der Waals surface area contributed by atoms with E-state index in [4.69, 9.17) is 4.74 Å². The Labute approximate surface area is 164 Å². The molecule has 1 saturated heterocycles. The van der Waals surface area contributed by atoms with Crippen LogP contribution < -0.4 is 0 Å². The fourth-order valence-corrected chi connectivity index (χ4v) is 8.49. The Morgan fingerprint density at radius 3 is 2.30 bits per heavy atom. The molecule has 0 aromatic heterocycles. The SMILES string of the molecule is CC1(C)CO[C@]2(CC[C@@]3(C)[C@@H](CC[C@H]4[C@H]3CC[C@@]3(C)[C@@H]4CC[C@@H]3O)C2)N1O. The Balaban J connectivity index is 1.40. The zero-order valence-electron chi connectivity index (χ0n) is 17.7. The fraction of sp³-hybridized carbons (Fsp3) is 1.00. The van der Waals surface area contributed by atoms with Gasteiger partial charge in [0.1, 0.15) is 5.72 Å². The molecule has 0 amide bonds. The maximum Gasteiger partial charge on any atom is 0.144 e. The van der Waals surface area contributed by atoms with Crippen molar-refractivity contribution in [1.29, 1.82) is 0 Å². The molecule has 1 aliphatic heterocycles. The van der Waals surface area contributed by atoms with E-state index >= 15 is 0 Å². The van der Waals surface area contributed by atoms with Gasteiger partial charge in [-0.05, 0) is 106 Å². The highest BCUT2D eigenvalue weighted by atomic mass is 16.6. The first-order valence-corrected chi connectivity index (χ1v) is 11.4. The molecule has 0 aromatic rings. The van der Waals surface area contributed by atoms with Crippen molar-refractivity contribution in [1.82, 2.24) is 5.06 Å². The van der Waals surface area contributed by atoms with Crippen molar-refractivity contribution in [3.8, 4) is 0 Å². The number of aliphatic hydroxyl groups excluding tert-OH is 1. The first-order valence-electron chi connectivity index (χ1n) is 11.4. The van der Waals surface area contributed by atoms with E-state index < -0.39 is 5.72 Å². The van der Waals surface area contributed by atoms with Crippen molar-refractivity contribution in [3.05, 3.63) is 0 Å². The topological polar surface area (TPSA) is 52.9 Å². The quantitative estimate of drug-likeness (QED) is 0.648. The summed E-state index contributed by atoms with van der Waals surface area (Å²) in [6.07, 6.45) is 10.3. The molecule has 154 valence electrons. The normalized spacial score (nSPS) is 57.3. The standard InChI is InChI=1S/C23H39NO3/c1-20(2)14-27-23(24(20)26)12-11-21(3)15(13-23)5-6-16-17-7-8-19(25)22(17,4)10-9-18(16)21/h15-19,25-26H,5-14H2,1-4H3/t15-,16+,17+,18+,19-,21-,22-,23-/m0/s1. The van der Waals surface area contributed by atoms with Crippen LogP contribution in [0.4, 0.5) is 0 Å². The summed E-state index contributed by atoms with van der Waals surface area (Å²) in [6, 6.07) is 0. The monoisotopic (exact) mass is 377 g/mol. The molecular weight excluding hydrogens is 338 g/mol. The van der Waals surface area contributed by atoms with Gasteiger partial charge in [-0.3, -0.25) is 0 Å². The molecular formula is C23H39NO3. The molecule has 8 atom stereocenters. The van der Waals surface area contributed by atoms with Gasteiger partial charge < -0.3 is 15.1 Å². The van der Waals surface area contributed by atoms with E-state index in [9.17, 15) is 10.3 Å². The number of aliphatic hydroxyl groups is 1. The second kappa shape index (κ2) is 5.71. The highest BCUT2D eigenvalue weighted by molar-refractivity contribution is 5.11. The molecule has 1 heterocycles. The van der Waals surface area contributed by atoms with Crippen LogP contribution in [0.25, 0.3) is 0 Å². The highest BCUT2D eigenvalue weighted by Gasteiger charge is 2.64. The molecule has 0 unspecified atom stereocenters. The lowest BCUT2D eigenvalue weighted by atomic mass is 9.44. The first kappa shape index (κ1) is 18.8. The number of rotatable bonds is 0. The largest absolute Gasteiger partial charge is 0.393 e. The summed E-state index contributed by atoms with van der Waals surface area (Å²) in [6.45, 7) is 9.71. The number of hydrogen-bond acceptors (Lipinski definition) is 4. The van der Waals surface area contributed by atoms with E-state index in [2.05, 4.69) is 27.7 Å². The summed E-state index contributed by atoms with van der Waals surface area (Å²) >= 11 is 0. The third kappa shape index (κ3) is 2.36. The lowest BCUT2D eigenvalue weighted by Crippen LogP contribution is -2.60. The number of hydrogen-bond donors (Lipinski definition) is 2. The van der Waals surface area contributed by atoms with Crippen LogP contribution in [-0.4, -0.2) is 39.4 Å². The van der Waals surface area contributed by atoms with Gasteiger partial charge in [0.25, 0.3) is 0 Å². The Morgan fingerprint density at radius 1 is 0.852 bits per heavy atom. The molecule has 4 aliphatic carbocycles. The molecule has 27 heavy (non-hydrogen) atoms. The van der Waals surface area contributed by atoms with E-state index in [0.29, 0.717) is 17.9 Å². The minimum atomic E-state index is -0.451. The van der Waals surface area contributed by atoms with Crippen LogP contribution in [0.3, 0.4) is 0 Å². The minimum absolute atomic E-state index is 0.0827. The van der Waals surface area contributed by atoms with E-state index in [-0.39, 0.29) is 17.1 Å². The minimum Gasteiger partial charge on any atom is -0.393 e. The molecule has 4 nitrogen and oxygen atoms in total. The summed E-state index contributed by atoms with van der Waals surface area (Å²) in [5, 5.41) is 23.1. The summed E-state index contributed by atoms with van der Waals surface area (Å²) in [5.74, 6) is 2.95. The second-order valence-electron chi connectivity index (χ2n) is 11.9. The summed E-state index contributed by atoms with van der Waals surface area (Å²) in [5.41, 5.74) is -0.189. The van der Waals surface area contributed by atoms with Gasteiger partial charge >= 0.3 is 0 Å². The van der Waals surface area contributed by atoms with Crippen LogP contribution in [0, 0.1) is 34.5 Å². The number of hydroxylamine groups is 2. The highest BCUT2D eigenvalue weighted by Crippen LogP contribution is 2.67. The molecule has 1 spiro atoms. The van der Waals surface area contributed by atoms with E-state index in [1.807, 2.05) is 0 Å². The van der Waals surface area contributed by atoms with Crippen LogP contribution in [-0.2, 0) is 4.74 Å². The Kier molecular flexibility index (Phi) is 3.99. The van der Waals surface area contributed by atoms with Crippen LogP contribution in [0.15, 0.2) is 0 Å². The lowest BCUT2D eigenvalue weighted by molar-refractivity contribution is -0.283. The van der Waals surface area contributed by atoms with Gasteiger partial charge in [-0.2, -0.15) is 5.06 Å². The number of fused-ring (bicyclic) bond motifs is 5. The van der Waals surface area contributed by atoms with Crippen LogP contribution in [0.1, 0.15) is 85.5 Å². The molecule has 4 heteroatoms. The molecule has 4 saturated carbocycles.